The van der Waals surface area contributed by atoms with Crippen molar-refractivity contribution in [3.63, 3.8) is 0 Å². The molecule has 0 bridgehead atoms. The molecule has 0 aliphatic heterocycles. The van der Waals surface area contributed by atoms with E-state index in [1.54, 1.807) is 11.8 Å². The minimum absolute atomic E-state index is 0.101. The first-order valence-electron chi connectivity index (χ1n) is 8.11. The summed E-state index contributed by atoms with van der Waals surface area (Å²) in [4.78, 5) is 12.4. The third kappa shape index (κ3) is 3.67. The van der Waals surface area contributed by atoms with Crippen LogP contribution in [-0.4, -0.2) is 35.9 Å². The summed E-state index contributed by atoms with van der Waals surface area (Å²) in [5.41, 5.74) is 2.67. The molecule has 130 valence electrons. The van der Waals surface area contributed by atoms with Crippen molar-refractivity contribution in [1.29, 1.82) is 0 Å². The van der Waals surface area contributed by atoms with Crippen LogP contribution in [0.2, 0.25) is 5.02 Å². The molecule has 25 heavy (non-hydrogen) atoms. The van der Waals surface area contributed by atoms with Crippen molar-refractivity contribution in [2.45, 2.75) is 13.0 Å². The molecular formula is C19H20ClN3O2. The third-order valence-corrected chi connectivity index (χ3v) is 4.30. The zero-order valence-electron chi connectivity index (χ0n) is 14.2. The van der Waals surface area contributed by atoms with Gasteiger partial charge in [-0.1, -0.05) is 41.9 Å². The number of halogens is 1. The molecule has 0 saturated heterocycles. The number of aromatic nitrogens is 2. The highest BCUT2D eigenvalue weighted by molar-refractivity contribution is 6.31. The third-order valence-electron chi connectivity index (χ3n) is 4.07. The van der Waals surface area contributed by atoms with E-state index in [0.29, 0.717) is 18.2 Å². The van der Waals surface area contributed by atoms with Crippen LogP contribution in [0.3, 0.4) is 0 Å². The molecule has 0 radical (unpaired) electrons. The second-order valence-corrected chi connectivity index (χ2v) is 6.22. The molecule has 1 aromatic heterocycles. The molecule has 0 fully saturated rings. The summed E-state index contributed by atoms with van der Waals surface area (Å²) in [6, 6.07) is 15.0. The van der Waals surface area contributed by atoms with Crippen molar-refractivity contribution in [3.05, 3.63) is 53.6 Å². The number of nitrogens with zero attached hydrogens (tertiary/aromatic N) is 2. The predicted molar refractivity (Wildman–Crippen MR) is 99.8 cm³/mol. The Morgan fingerprint density at radius 1 is 1.28 bits per heavy atom. The number of ether oxygens (including phenoxy) is 1. The van der Waals surface area contributed by atoms with Gasteiger partial charge in [0.25, 0.3) is 0 Å². The summed E-state index contributed by atoms with van der Waals surface area (Å²) in [6.45, 7) is 2.78. The van der Waals surface area contributed by atoms with E-state index in [1.807, 2.05) is 55.5 Å². The number of hydrogen-bond donors (Lipinski definition) is 1. The van der Waals surface area contributed by atoms with Crippen LogP contribution >= 0.6 is 11.6 Å². The number of hydrogen-bond acceptors (Lipinski definition) is 3. The molecule has 1 unspecified atom stereocenters. The Balaban J connectivity index is 2.03. The normalized spacial score (nSPS) is 12.3. The summed E-state index contributed by atoms with van der Waals surface area (Å²) in [5.74, 6) is -0.101. The van der Waals surface area contributed by atoms with Crippen molar-refractivity contribution < 1.29 is 9.53 Å². The SMILES string of the molecule is COCCNC(=O)C(C)n1nc(-c2ccccc2)c2cc(Cl)ccc21. The van der Waals surface area contributed by atoms with E-state index in [9.17, 15) is 4.79 Å². The second kappa shape index (κ2) is 7.68. The molecule has 3 aromatic rings. The predicted octanol–water partition coefficient (Wildman–Crippen LogP) is 3.68. The largest absolute Gasteiger partial charge is 0.383 e. The minimum Gasteiger partial charge on any atom is -0.383 e. The van der Waals surface area contributed by atoms with Gasteiger partial charge in [0, 0.05) is 29.6 Å². The van der Waals surface area contributed by atoms with Crippen molar-refractivity contribution in [3.8, 4) is 11.3 Å². The first-order chi connectivity index (χ1) is 12.1. The number of methoxy groups -OCH3 is 1. The fourth-order valence-corrected chi connectivity index (χ4v) is 2.92. The van der Waals surface area contributed by atoms with Crippen LogP contribution in [-0.2, 0) is 9.53 Å². The Kier molecular flexibility index (Phi) is 5.36. The smallest absolute Gasteiger partial charge is 0.244 e. The first kappa shape index (κ1) is 17.5. The lowest BCUT2D eigenvalue weighted by atomic mass is 10.1. The molecule has 2 aromatic carbocycles. The van der Waals surface area contributed by atoms with Gasteiger partial charge >= 0.3 is 0 Å². The quantitative estimate of drug-likeness (QED) is 0.685. The Labute approximate surface area is 151 Å². The van der Waals surface area contributed by atoms with E-state index in [4.69, 9.17) is 21.4 Å². The van der Waals surface area contributed by atoms with Crippen LogP contribution < -0.4 is 5.32 Å². The maximum absolute atomic E-state index is 12.4. The maximum Gasteiger partial charge on any atom is 0.244 e. The molecule has 1 amide bonds. The standard InChI is InChI=1S/C19H20ClN3O2/c1-13(19(24)21-10-11-25-2)23-17-9-8-15(20)12-16(17)18(22-23)14-6-4-3-5-7-14/h3-9,12-13H,10-11H2,1-2H3,(H,21,24). The van der Waals surface area contributed by atoms with Gasteiger partial charge in [-0.15, -0.1) is 0 Å². The summed E-state index contributed by atoms with van der Waals surface area (Å²) in [7, 11) is 1.60. The molecule has 1 atom stereocenters. The number of fused-ring (bicyclic) bond motifs is 1. The van der Waals surface area contributed by atoms with E-state index >= 15 is 0 Å². The Morgan fingerprint density at radius 3 is 2.76 bits per heavy atom. The Morgan fingerprint density at radius 2 is 2.04 bits per heavy atom. The molecular weight excluding hydrogens is 338 g/mol. The van der Waals surface area contributed by atoms with Crippen LogP contribution in [0.5, 0.6) is 0 Å². The lowest BCUT2D eigenvalue weighted by Gasteiger charge is -2.13. The topological polar surface area (TPSA) is 56.1 Å². The minimum atomic E-state index is -0.446. The van der Waals surface area contributed by atoms with Gasteiger partial charge in [-0.2, -0.15) is 5.10 Å². The van der Waals surface area contributed by atoms with Gasteiger partial charge < -0.3 is 10.1 Å². The highest BCUT2D eigenvalue weighted by Gasteiger charge is 2.21. The monoisotopic (exact) mass is 357 g/mol. The molecule has 6 heteroatoms. The van der Waals surface area contributed by atoms with Gasteiger partial charge in [-0.3, -0.25) is 9.48 Å². The van der Waals surface area contributed by atoms with Gasteiger partial charge in [0.1, 0.15) is 11.7 Å². The number of carbonyl (C=O) groups is 1. The molecule has 1 N–H and O–H groups in total. The number of amides is 1. The van der Waals surface area contributed by atoms with Crippen LogP contribution in [0.4, 0.5) is 0 Å². The summed E-state index contributed by atoms with van der Waals surface area (Å²) >= 11 is 6.18. The fraction of sp³-hybridized carbons (Fsp3) is 0.263. The molecule has 3 rings (SSSR count). The molecule has 5 nitrogen and oxygen atoms in total. The van der Waals surface area contributed by atoms with Crippen LogP contribution in [0.15, 0.2) is 48.5 Å². The van der Waals surface area contributed by atoms with Gasteiger partial charge in [0.15, 0.2) is 0 Å². The first-order valence-corrected chi connectivity index (χ1v) is 8.49. The molecule has 0 aliphatic rings. The van der Waals surface area contributed by atoms with E-state index in [1.165, 1.54) is 0 Å². The molecule has 0 aliphatic carbocycles. The molecule has 0 saturated carbocycles. The fourth-order valence-electron chi connectivity index (χ4n) is 2.75. The van der Waals surface area contributed by atoms with Crippen LogP contribution in [0.25, 0.3) is 22.2 Å². The average molecular weight is 358 g/mol. The average Bonchev–Trinajstić information content (AvgIpc) is 3.00. The van der Waals surface area contributed by atoms with Crippen molar-refractivity contribution in [1.82, 2.24) is 15.1 Å². The van der Waals surface area contributed by atoms with E-state index in [0.717, 1.165) is 22.2 Å². The van der Waals surface area contributed by atoms with Crippen molar-refractivity contribution in [2.75, 3.05) is 20.3 Å². The highest BCUT2D eigenvalue weighted by Crippen LogP contribution is 2.31. The van der Waals surface area contributed by atoms with E-state index < -0.39 is 6.04 Å². The zero-order valence-corrected chi connectivity index (χ0v) is 15.0. The number of benzene rings is 2. The lowest BCUT2D eigenvalue weighted by molar-refractivity contribution is -0.124. The lowest BCUT2D eigenvalue weighted by Crippen LogP contribution is -2.33. The summed E-state index contributed by atoms with van der Waals surface area (Å²) < 4.78 is 6.72. The van der Waals surface area contributed by atoms with Crippen molar-refractivity contribution in [2.24, 2.45) is 0 Å². The molecule has 1 heterocycles. The Hall–Kier alpha value is -2.37. The zero-order chi connectivity index (χ0) is 17.8. The number of nitrogens with one attached hydrogen (secondary N) is 1. The van der Waals surface area contributed by atoms with Gasteiger partial charge in [-0.05, 0) is 25.1 Å². The maximum atomic E-state index is 12.4. The summed E-state index contributed by atoms with van der Waals surface area (Å²) in [5, 5.41) is 9.14. The summed E-state index contributed by atoms with van der Waals surface area (Å²) in [6.07, 6.45) is 0. The number of carbonyl (C=O) groups excluding carboxylic acids is 1. The second-order valence-electron chi connectivity index (χ2n) is 5.78. The van der Waals surface area contributed by atoms with E-state index in [2.05, 4.69) is 5.32 Å². The van der Waals surface area contributed by atoms with Gasteiger partial charge in [0.2, 0.25) is 5.91 Å². The van der Waals surface area contributed by atoms with Crippen LogP contribution in [0.1, 0.15) is 13.0 Å². The Bertz CT molecular complexity index is 877. The number of rotatable bonds is 6. The van der Waals surface area contributed by atoms with Gasteiger partial charge in [0.05, 0.1) is 12.1 Å². The van der Waals surface area contributed by atoms with Crippen molar-refractivity contribution >= 4 is 28.4 Å². The molecule has 0 spiro atoms. The van der Waals surface area contributed by atoms with E-state index in [-0.39, 0.29) is 5.91 Å². The van der Waals surface area contributed by atoms with Crippen LogP contribution in [0, 0.1) is 0 Å². The van der Waals surface area contributed by atoms with Gasteiger partial charge in [-0.25, -0.2) is 0 Å². The highest BCUT2D eigenvalue weighted by atomic mass is 35.5.